The van der Waals surface area contributed by atoms with Crippen LogP contribution in [0.25, 0.3) is 0 Å². The Kier molecular flexibility index (Phi) is 2.37. The predicted octanol–water partition coefficient (Wildman–Crippen LogP) is -0.273. The molecule has 5 heteroatoms. The smallest absolute Gasteiger partial charge is 0.404 e. The molecule has 0 aromatic rings. The molecule has 0 bridgehead atoms. The van der Waals surface area contributed by atoms with Crippen LogP contribution < -0.4 is 5.32 Å². The number of rotatable bonds is 2. The van der Waals surface area contributed by atoms with E-state index in [1.165, 1.54) is 0 Å². The topological polar surface area (TPSA) is 61.8 Å². The van der Waals surface area contributed by atoms with Gasteiger partial charge in [0.25, 0.3) is 0 Å². The number of nitrogens with zero attached hydrogens (tertiary/aromatic N) is 1. The van der Waals surface area contributed by atoms with E-state index in [9.17, 15) is 4.79 Å². The van der Waals surface area contributed by atoms with Crippen molar-refractivity contribution in [3.8, 4) is 0 Å². The van der Waals surface area contributed by atoms with Crippen molar-refractivity contribution >= 4 is 6.09 Å². The largest absolute Gasteiger partial charge is 0.465 e. The molecule has 2 rings (SSSR count). The van der Waals surface area contributed by atoms with Crippen molar-refractivity contribution in [1.82, 2.24) is 10.2 Å². The summed E-state index contributed by atoms with van der Waals surface area (Å²) in [6.07, 6.45) is -0.000269. The molecule has 74 valence electrons. The first-order valence-corrected chi connectivity index (χ1v) is 4.57. The fourth-order valence-electron chi connectivity index (χ4n) is 1.85. The van der Waals surface area contributed by atoms with Crippen LogP contribution in [-0.4, -0.2) is 54.5 Å². The molecule has 0 aromatic carbocycles. The average molecular weight is 186 g/mol. The number of amides is 1. The number of nitrogens with one attached hydrogen (secondary N) is 1. The Balaban J connectivity index is 1.76. The minimum Gasteiger partial charge on any atom is -0.465 e. The Labute approximate surface area is 76.7 Å². The van der Waals surface area contributed by atoms with Gasteiger partial charge in [0.1, 0.15) is 0 Å². The molecule has 1 atom stereocenters. The molecule has 0 aromatic heterocycles. The molecule has 2 fully saturated rings. The van der Waals surface area contributed by atoms with E-state index in [0.29, 0.717) is 6.04 Å². The van der Waals surface area contributed by atoms with Crippen LogP contribution in [0.4, 0.5) is 4.79 Å². The lowest BCUT2D eigenvalue weighted by Gasteiger charge is -2.34. The summed E-state index contributed by atoms with van der Waals surface area (Å²) in [5.41, 5.74) is 0. The second-order valence-corrected chi connectivity index (χ2v) is 3.62. The number of carboxylic acid groups (broad SMARTS) is 1. The quantitative estimate of drug-likeness (QED) is 0.623. The van der Waals surface area contributed by atoms with E-state index in [4.69, 9.17) is 9.84 Å². The maximum atomic E-state index is 10.4. The zero-order valence-corrected chi connectivity index (χ0v) is 7.40. The average Bonchev–Trinajstić information content (AvgIpc) is 2.31. The number of carbonyl (C=O) groups is 1. The van der Waals surface area contributed by atoms with Crippen LogP contribution in [0.1, 0.15) is 6.42 Å². The van der Waals surface area contributed by atoms with Gasteiger partial charge in [0.2, 0.25) is 0 Å². The van der Waals surface area contributed by atoms with Crippen LogP contribution in [0.2, 0.25) is 0 Å². The van der Waals surface area contributed by atoms with Gasteiger partial charge >= 0.3 is 6.09 Å². The van der Waals surface area contributed by atoms with Gasteiger partial charge in [-0.05, 0) is 6.42 Å². The van der Waals surface area contributed by atoms with Gasteiger partial charge in [-0.3, -0.25) is 4.90 Å². The molecule has 1 amide bonds. The van der Waals surface area contributed by atoms with Gasteiger partial charge < -0.3 is 15.2 Å². The summed E-state index contributed by atoms with van der Waals surface area (Å²) in [6.45, 7) is 3.43. The first-order valence-electron chi connectivity index (χ1n) is 4.57. The molecule has 2 heterocycles. The van der Waals surface area contributed by atoms with Crippen LogP contribution in [0.5, 0.6) is 0 Å². The van der Waals surface area contributed by atoms with E-state index >= 15 is 0 Å². The lowest BCUT2D eigenvalue weighted by molar-refractivity contribution is -0.0574. The van der Waals surface area contributed by atoms with Gasteiger partial charge in [0.05, 0.1) is 19.3 Å². The van der Waals surface area contributed by atoms with Crippen molar-refractivity contribution in [3.63, 3.8) is 0 Å². The predicted molar refractivity (Wildman–Crippen MR) is 45.7 cm³/mol. The van der Waals surface area contributed by atoms with Crippen molar-refractivity contribution in [2.75, 3.05) is 26.3 Å². The number of likely N-dealkylation sites (tertiary alicyclic amines) is 1. The van der Waals surface area contributed by atoms with Gasteiger partial charge in [-0.2, -0.15) is 0 Å². The molecular formula is C8H14N2O3. The zero-order chi connectivity index (χ0) is 9.26. The molecule has 0 saturated carbocycles. The SMILES string of the molecule is O=C(O)NC1CCN(C2COC2)C1. The highest BCUT2D eigenvalue weighted by atomic mass is 16.5. The molecule has 2 N–H and O–H groups in total. The minimum atomic E-state index is -0.920. The van der Waals surface area contributed by atoms with E-state index in [1.54, 1.807) is 0 Å². The molecule has 5 nitrogen and oxygen atoms in total. The third kappa shape index (κ3) is 1.92. The van der Waals surface area contributed by atoms with E-state index in [2.05, 4.69) is 10.2 Å². The Morgan fingerprint density at radius 1 is 1.54 bits per heavy atom. The summed E-state index contributed by atoms with van der Waals surface area (Å²) in [7, 11) is 0. The second-order valence-electron chi connectivity index (χ2n) is 3.62. The summed E-state index contributed by atoms with van der Waals surface area (Å²) in [4.78, 5) is 12.7. The van der Waals surface area contributed by atoms with Gasteiger partial charge in [-0.15, -0.1) is 0 Å². The monoisotopic (exact) mass is 186 g/mol. The van der Waals surface area contributed by atoms with Gasteiger partial charge in [0.15, 0.2) is 0 Å². The highest BCUT2D eigenvalue weighted by molar-refractivity contribution is 5.64. The van der Waals surface area contributed by atoms with Crippen LogP contribution in [0, 0.1) is 0 Å². The van der Waals surface area contributed by atoms with Crippen LogP contribution in [0.3, 0.4) is 0 Å². The van der Waals surface area contributed by atoms with E-state index < -0.39 is 6.09 Å². The van der Waals surface area contributed by atoms with Crippen molar-refractivity contribution in [2.24, 2.45) is 0 Å². The van der Waals surface area contributed by atoms with Crippen molar-refractivity contribution < 1.29 is 14.6 Å². The zero-order valence-electron chi connectivity index (χ0n) is 7.40. The lowest BCUT2D eigenvalue weighted by Crippen LogP contribution is -2.49. The Morgan fingerprint density at radius 2 is 2.31 bits per heavy atom. The fourth-order valence-corrected chi connectivity index (χ4v) is 1.85. The molecule has 1 unspecified atom stereocenters. The first-order chi connectivity index (χ1) is 6.25. The Hall–Kier alpha value is -0.810. The maximum absolute atomic E-state index is 10.4. The van der Waals surface area contributed by atoms with E-state index in [1.807, 2.05) is 0 Å². The molecule has 0 aliphatic carbocycles. The molecule has 0 spiro atoms. The molecular weight excluding hydrogens is 172 g/mol. The second kappa shape index (κ2) is 3.51. The highest BCUT2D eigenvalue weighted by Gasteiger charge is 2.32. The lowest BCUT2D eigenvalue weighted by atomic mass is 10.2. The van der Waals surface area contributed by atoms with Gasteiger partial charge in [-0.1, -0.05) is 0 Å². The van der Waals surface area contributed by atoms with Crippen molar-refractivity contribution in [2.45, 2.75) is 18.5 Å². The van der Waals surface area contributed by atoms with E-state index in [0.717, 1.165) is 32.7 Å². The summed E-state index contributed by atoms with van der Waals surface area (Å²) < 4.78 is 5.09. The molecule has 2 aliphatic heterocycles. The van der Waals surface area contributed by atoms with Gasteiger partial charge in [0, 0.05) is 19.1 Å². The number of ether oxygens (including phenoxy) is 1. The third-order valence-corrected chi connectivity index (χ3v) is 2.68. The summed E-state index contributed by atoms with van der Waals surface area (Å²) in [6, 6.07) is 0.638. The highest BCUT2D eigenvalue weighted by Crippen LogP contribution is 2.17. The molecule has 2 aliphatic rings. The maximum Gasteiger partial charge on any atom is 0.404 e. The fraction of sp³-hybridized carbons (Fsp3) is 0.875. The van der Waals surface area contributed by atoms with Crippen molar-refractivity contribution in [1.29, 1.82) is 0 Å². The summed E-state index contributed by atoms with van der Waals surface area (Å²) >= 11 is 0. The Morgan fingerprint density at radius 3 is 2.85 bits per heavy atom. The van der Waals surface area contributed by atoms with Crippen LogP contribution >= 0.6 is 0 Å². The number of hydrogen-bond acceptors (Lipinski definition) is 3. The Bertz CT molecular complexity index is 206. The molecule has 2 saturated heterocycles. The van der Waals surface area contributed by atoms with Crippen LogP contribution in [0.15, 0.2) is 0 Å². The molecule has 0 radical (unpaired) electrons. The van der Waals surface area contributed by atoms with Crippen LogP contribution in [-0.2, 0) is 4.74 Å². The first kappa shape index (κ1) is 8.77. The van der Waals surface area contributed by atoms with E-state index in [-0.39, 0.29) is 6.04 Å². The summed E-state index contributed by atoms with van der Waals surface area (Å²) in [5, 5.41) is 11.0. The standard InChI is InChI=1S/C8H14N2O3/c11-8(12)9-6-1-2-10(3-6)7-4-13-5-7/h6-7,9H,1-5H2,(H,11,12). The normalized spacial score (nSPS) is 30.0. The molecule has 13 heavy (non-hydrogen) atoms. The van der Waals surface area contributed by atoms with Crippen molar-refractivity contribution in [3.05, 3.63) is 0 Å². The minimum absolute atomic E-state index is 0.109. The van der Waals surface area contributed by atoms with Gasteiger partial charge in [-0.25, -0.2) is 4.79 Å². The number of hydrogen-bond donors (Lipinski definition) is 2. The third-order valence-electron chi connectivity index (χ3n) is 2.68. The summed E-state index contributed by atoms with van der Waals surface area (Å²) in [5.74, 6) is 0.